The Hall–Kier alpha value is -3.59. The number of benzene rings is 2. The lowest BCUT2D eigenvalue weighted by Crippen LogP contribution is -2.44. The van der Waals surface area contributed by atoms with Gasteiger partial charge in [0.05, 0.1) is 0 Å². The minimum atomic E-state index is -1.22. The molecular formula is C26H34N2O7. The smallest absolute Gasteiger partial charge is 0.407 e. The molecule has 0 aromatic heterocycles. The number of nitrogens with one attached hydrogen (secondary N) is 2. The van der Waals surface area contributed by atoms with Crippen molar-refractivity contribution in [2.24, 2.45) is 0 Å². The second-order valence-corrected chi connectivity index (χ2v) is 8.89. The first-order chi connectivity index (χ1) is 16.6. The number of rotatable bonds is 7. The molecule has 0 heterocycles. The average molecular weight is 487 g/mol. The van der Waals surface area contributed by atoms with E-state index in [1.807, 2.05) is 48.5 Å². The van der Waals surface area contributed by atoms with Gasteiger partial charge in [0.25, 0.3) is 0 Å². The number of carboxylic acid groups (broad SMARTS) is 1. The number of hydrogen-bond acceptors (Lipinski definition) is 6. The van der Waals surface area contributed by atoms with Crippen LogP contribution in [-0.4, -0.2) is 59.8 Å². The van der Waals surface area contributed by atoms with Gasteiger partial charge in [-0.15, -0.1) is 0 Å². The van der Waals surface area contributed by atoms with Crippen molar-refractivity contribution in [1.29, 1.82) is 0 Å². The van der Waals surface area contributed by atoms with Crippen LogP contribution in [0, 0.1) is 0 Å². The molecule has 2 aromatic carbocycles. The summed E-state index contributed by atoms with van der Waals surface area (Å²) in [5.41, 5.74) is 3.69. The summed E-state index contributed by atoms with van der Waals surface area (Å²) in [7, 11) is 0. The zero-order valence-corrected chi connectivity index (χ0v) is 20.5. The summed E-state index contributed by atoms with van der Waals surface area (Å²) in [4.78, 5) is 35.5. The third-order valence-corrected chi connectivity index (χ3v) is 5.04. The maximum atomic E-state index is 12.3. The number of amides is 2. The first kappa shape index (κ1) is 27.7. The molecule has 35 heavy (non-hydrogen) atoms. The Morgan fingerprint density at radius 2 is 1.49 bits per heavy atom. The number of hydrogen-bond donors (Lipinski definition) is 4. The Bertz CT molecular complexity index is 971. The largest absolute Gasteiger partial charge is 0.480 e. The van der Waals surface area contributed by atoms with Crippen LogP contribution in [0.4, 0.5) is 9.59 Å². The predicted molar refractivity (Wildman–Crippen MR) is 131 cm³/mol. The highest BCUT2D eigenvalue weighted by Crippen LogP contribution is 2.44. The van der Waals surface area contributed by atoms with Gasteiger partial charge in [-0.2, -0.15) is 0 Å². The van der Waals surface area contributed by atoms with Crippen molar-refractivity contribution in [3.05, 3.63) is 59.7 Å². The van der Waals surface area contributed by atoms with Crippen LogP contribution in [0.25, 0.3) is 11.1 Å². The fourth-order valence-electron chi connectivity index (χ4n) is 3.67. The average Bonchev–Trinajstić information content (AvgIpc) is 3.10. The van der Waals surface area contributed by atoms with Gasteiger partial charge in [0.2, 0.25) is 0 Å². The molecule has 0 aliphatic heterocycles. The summed E-state index contributed by atoms with van der Waals surface area (Å²) in [5, 5.41) is 21.8. The van der Waals surface area contributed by atoms with Crippen molar-refractivity contribution in [3.8, 4) is 11.1 Å². The Morgan fingerprint density at radius 1 is 0.971 bits per heavy atom. The minimum absolute atomic E-state index is 0.0151. The summed E-state index contributed by atoms with van der Waals surface area (Å²) in [6.45, 7) is 7.22. The second kappa shape index (κ2) is 12.8. The van der Waals surface area contributed by atoms with Gasteiger partial charge in [-0.3, -0.25) is 0 Å². The van der Waals surface area contributed by atoms with Crippen molar-refractivity contribution in [3.63, 3.8) is 0 Å². The van der Waals surface area contributed by atoms with Gasteiger partial charge in [-0.25, -0.2) is 14.4 Å². The molecule has 0 saturated carbocycles. The molecule has 1 atom stereocenters. The molecule has 0 unspecified atom stereocenters. The quantitative estimate of drug-likeness (QED) is 0.466. The van der Waals surface area contributed by atoms with E-state index in [-0.39, 0.29) is 32.1 Å². The van der Waals surface area contributed by atoms with Crippen LogP contribution in [0.15, 0.2) is 48.5 Å². The molecule has 1 aliphatic rings. The third kappa shape index (κ3) is 8.29. The summed E-state index contributed by atoms with van der Waals surface area (Å²) in [6.07, 6.45) is -1.49. The molecule has 9 nitrogen and oxygen atoms in total. The van der Waals surface area contributed by atoms with Gasteiger partial charge in [-0.05, 0) is 56.4 Å². The third-order valence-electron chi connectivity index (χ3n) is 5.04. The highest BCUT2D eigenvalue weighted by atomic mass is 16.6. The monoisotopic (exact) mass is 486 g/mol. The normalized spacial score (nSPS) is 12.8. The minimum Gasteiger partial charge on any atom is -0.480 e. The van der Waals surface area contributed by atoms with Crippen molar-refractivity contribution < 1.29 is 34.1 Å². The number of carbonyl (C=O) groups excluding carboxylic acids is 2. The Labute approximate surface area is 205 Å². The molecule has 2 aromatic rings. The lowest BCUT2D eigenvalue weighted by Gasteiger charge is -2.20. The van der Waals surface area contributed by atoms with Crippen molar-refractivity contribution in [2.75, 3.05) is 19.8 Å². The molecule has 0 radical (unpaired) electrons. The van der Waals surface area contributed by atoms with E-state index in [9.17, 15) is 19.5 Å². The predicted octanol–water partition coefficient (Wildman–Crippen LogP) is 3.89. The Balaban J connectivity index is 0.00000137. The number of aliphatic hydroxyl groups is 1. The fourth-order valence-corrected chi connectivity index (χ4v) is 3.67. The summed E-state index contributed by atoms with van der Waals surface area (Å²) < 4.78 is 10.5. The zero-order valence-electron chi connectivity index (χ0n) is 20.5. The summed E-state index contributed by atoms with van der Waals surface area (Å²) >= 11 is 0. The van der Waals surface area contributed by atoms with E-state index in [4.69, 9.17) is 14.6 Å². The van der Waals surface area contributed by atoms with Crippen LogP contribution in [0.1, 0.15) is 51.2 Å². The molecule has 4 N–H and O–H groups in total. The standard InChI is InChI=1S/C24H28N2O6.C2H6O/c1-24(2,3)32-22(29)25-13-12-20(21(27)28)26-23(30)31-14-19-17-10-6-4-8-15(17)16-9-5-7-11-18(16)19;1-2-3/h4-11,19-20H,12-14H2,1-3H3,(H,25,29)(H,26,30)(H,27,28);3H,2H2,1H3/t20-;/m0./s1. The number of ether oxygens (including phenoxy) is 2. The van der Waals surface area contributed by atoms with E-state index in [1.165, 1.54) is 0 Å². The molecule has 2 amide bonds. The van der Waals surface area contributed by atoms with Crippen molar-refractivity contribution in [1.82, 2.24) is 10.6 Å². The van der Waals surface area contributed by atoms with Crippen molar-refractivity contribution >= 4 is 18.2 Å². The first-order valence-corrected chi connectivity index (χ1v) is 11.5. The molecule has 0 saturated heterocycles. The fraction of sp³-hybridized carbons (Fsp3) is 0.423. The Kier molecular flexibility index (Phi) is 10.1. The van der Waals surface area contributed by atoms with Crippen LogP contribution in [-0.2, 0) is 14.3 Å². The van der Waals surface area contributed by atoms with E-state index in [0.29, 0.717) is 0 Å². The van der Waals surface area contributed by atoms with Gasteiger partial charge in [0, 0.05) is 19.1 Å². The van der Waals surface area contributed by atoms with Gasteiger partial charge in [0.1, 0.15) is 18.2 Å². The summed E-state index contributed by atoms with van der Waals surface area (Å²) in [5.74, 6) is -1.34. The van der Waals surface area contributed by atoms with Crippen LogP contribution in [0.2, 0.25) is 0 Å². The number of alkyl carbamates (subject to hydrolysis) is 2. The van der Waals surface area contributed by atoms with Crippen LogP contribution in [0.3, 0.4) is 0 Å². The lowest BCUT2D eigenvalue weighted by atomic mass is 9.98. The van der Waals surface area contributed by atoms with Crippen molar-refractivity contribution in [2.45, 2.75) is 51.7 Å². The molecule has 0 bridgehead atoms. The number of aliphatic hydroxyl groups excluding tert-OH is 1. The molecule has 190 valence electrons. The number of fused-ring (bicyclic) bond motifs is 3. The SMILES string of the molecule is CC(C)(C)OC(=O)NCC[C@H](NC(=O)OCC1c2ccccc2-c2ccccc21)C(=O)O.CCO. The second-order valence-electron chi connectivity index (χ2n) is 8.89. The van der Waals surface area contributed by atoms with E-state index in [0.717, 1.165) is 22.3 Å². The van der Waals surface area contributed by atoms with Crippen LogP contribution < -0.4 is 10.6 Å². The maximum absolute atomic E-state index is 12.3. The van der Waals surface area contributed by atoms with E-state index >= 15 is 0 Å². The summed E-state index contributed by atoms with van der Waals surface area (Å²) in [6, 6.07) is 14.7. The van der Waals surface area contributed by atoms with Crippen LogP contribution in [0.5, 0.6) is 0 Å². The van der Waals surface area contributed by atoms with E-state index in [2.05, 4.69) is 10.6 Å². The zero-order chi connectivity index (χ0) is 26.0. The number of aliphatic carboxylic acids is 1. The highest BCUT2D eigenvalue weighted by Gasteiger charge is 2.29. The van der Waals surface area contributed by atoms with Gasteiger partial charge in [-0.1, -0.05) is 48.5 Å². The lowest BCUT2D eigenvalue weighted by molar-refractivity contribution is -0.139. The highest BCUT2D eigenvalue weighted by molar-refractivity contribution is 5.81. The first-order valence-electron chi connectivity index (χ1n) is 11.5. The number of carboxylic acids is 1. The molecule has 9 heteroatoms. The van der Waals surface area contributed by atoms with E-state index < -0.39 is 29.8 Å². The molecule has 1 aliphatic carbocycles. The number of carbonyl (C=O) groups is 3. The van der Waals surface area contributed by atoms with Gasteiger partial charge >= 0.3 is 18.2 Å². The maximum Gasteiger partial charge on any atom is 0.407 e. The molecular weight excluding hydrogens is 452 g/mol. The Morgan fingerprint density at radius 3 is 1.97 bits per heavy atom. The molecule has 3 rings (SSSR count). The van der Waals surface area contributed by atoms with Gasteiger partial charge < -0.3 is 30.3 Å². The topological polar surface area (TPSA) is 134 Å². The van der Waals surface area contributed by atoms with E-state index in [1.54, 1.807) is 27.7 Å². The van der Waals surface area contributed by atoms with Crippen LogP contribution >= 0.6 is 0 Å². The molecule has 0 spiro atoms. The van der Waals surface area contributed by atoms with Gasteiger partial charge in [0.15, 0.2) is 0 Å². The molecule has 0 fully saturated rings.